The van der Waals surface area contributed by atoms with E-state index in [4.69, 9.17) is 4.74 Å². The number of nitrogens with zero attached hydrogens (tertiary/aromatic N) is 2. The van der Waals surface area contributed by atoms with Gasteiger partial charge in [-0.3, -0.25) is 14.5 Å². The van der Waals surface area contributed by atoms with Crippen molar-refractivity contribution in [3.63, 3.8) is 0 Å². The molecule has 148 valence electrons. The summed E-state index contributed by atoms with van der Waals surface area (Å²) < 4.78 is 42.6. The Morgan fingerprint density at radius 3 is 2.52 bits per heavy atom. The molecule has 1 saturated heterocycles. The Morgan fingerprint density at radius 2 is 1.85 bits per heavy atom. The van der Waals surface area contributed by atoms with Gasteiger partial charge in [0.15, 0.2) is 0 Å². The summed E-state index contributed by atoms with van der Waals surface area (Å²) in [4.78, 5) is 26.7. The summed E-state index contributed by atoms with van der Waals surface area (Å²) >= 11 is 0. The summed E-state index contributed by atoms with van der Waals surface area (Å²) in [5, 5.41) is 2.84. The van der Waals surface area contributed by atoms with Crippen molar-refractivity contribution in [1.82, 2.24) is 15.1 Å². The first-order valence-electron chi connectivity index (χ1n) is 8.88. The van der Waals surface area contributed by atoms with Gasteiger partial charge in [-0.05, 0) is 11.6 Å². The van der Waals surface area contributed by atoms with Crippen molar-refractivity contribution in [3.05, 3.63) is 29.8 Å². The first kappa shape index (κ1) is 19.5. The number of piperazine rings is 1. The molecule has 1 N–H and O–H groups in total. The zero-order valence-corrected chi connectivity index (χ0v) is 14.8. The van der Waals surface area contributed by atoms with E-state index in [1.165, 1.54) is 4.90 Å². The minimum absolute atomic E-state index is 0.0943. The molecule has 27 heavy (non-hydrogen) atoms. The summed E-state index contributed by atoms with van der Waals surface area (Å²) in [5.41, 5.74) is 1.12. The second-order valence-corrected chi connectivity index (χ2v) is 6.80. The van der Waals surface area contributed by atoms with Gasteiger partial charge >= 0.3 is 6.18 Å². The monoisotopic (exact) mass is 385 g/mol. The third-order valence-corrected chi connectivity index (χ3v) is 4.68. The summed E-state index contributed by atoms with van der Waals surface area (Å²) in [6, 6.07) is 7.74. The minimum atomic E-state index is -4.49. The number of carbonyl (C=O) groups excluding carboxylic acids is 2. The second-order valence-electron chi connectivity index (χ2n) is 6.80. The van der Waals surface area contributed by atoms with Gasteiger partial charge in [-0.15, -0.1) is 0 Å². The zero-order chi connectivity index (χ0) is 19.4. The number of carbonyl (C=O) groups is 2. The molecule has 1 aromatic carbocycles. The maximum absolute atomic E-state index is 12.3. The number of ether oxygens (including phenoxy) is 1. The molecule has 3 rings (SSSR count). The van der Waals surface area contributed by atoms with E-state index in [9.17, 15) is 22.8 Å². The summed E-state index contributed by atoms with van der Waals surface area (Å²) in [6.07, 6.45) is -5.27. The van der Waals surface area contributed by atoms with Crippen LogP contribution in [0.15, 0.2) is 24.3 Å². The lowest BCUT2D eigenvalue weighted by Gasteiger charge is -2.34. The molecule has 2 aliphatic rings. The molecule has 9 heteroatoms. The van der Waals surface area contributed by atoms with Crippen molar-refractivity contribution in [1.29, 1.82) is 0 Å². The van der Waals surface area contributed by atoms with Crippen molar-refractivity contribution >= 4 is 11.8 Å². The van der Waals surface area contributed by atoms with E-state index in [2.05, 4.69) is 5.32 Å². The van der Waals surface area contributed by atoms with Crippen LogP contribution in [0.25, 0.3) is 0 Å². The Bertz CT molecular complexity index is 663. The largest absolute Gasteiger partial charge is 0.488 e. The van der Waals surface area contributed by atoms with E-state index in [0.29, 0.717) is 19.6 Å². The van der Waals surface area contributed by atoms with Crippen molar-refractivity contribution in [3.8, 4) is 5.75 Å². The van der Waals surface area contributed by atoms with E-state index < -0.39 is 18.5 Å². The number of benzene rings is 1. The van der Waals surface area contributed by atoms with E-state index in [0.717, 1.165) is 17.7 Å². The molecule has 1 fully saturated rings. The molecule has 2 heterocycles. The van der Waals surface area contributed by atoms with Gasteiger partial charge in [0.05, 0.1) is 13.1 Å². The molecule has 6 nitrogen and oxygen atoms in total. The highest BCUT2D eigenvalue weighted by molar-refractivity contribution is 5.78. The van der Waals surface area contributed by atoms with Crippen molar-refractivity contribution in [2.75, 3.05) is 39.3 Å². The number of alkyl halides is 3. The molecule has 0 aliphatic carbocycles. The van der Waals surface area contributed by atoms with Gasteiger partial charge in [-0.25, -0.2) is 0 Å². The van der Waals surface area contributed by atoms with E-state index in [1.54, 1.807) is 0 Å². The lowest BCUT2D eigenvalue weighted by molar-refractivity contribution is -0.162. The summed E-state index contributed by atoms with van der Waals surface area (Å²) in [5.74, 6) is -0.231. The highest BCUT2D eigenvalue weighted by Gasteiger charge is 2.34. The van der Waals surface area contributed by atoms with Crippen molar-refractivity contribution < 1.29 is 27.5 Å². The molecular weight excluding hydrogens is 363 g/mol. The average Bonchev–Trinajstić information content (AvgIpc) is 3.02. The Labute approximate surface area is 155 Å². The van der Waals surface area contributed by atoms with Crippen LogP contribution in [0.5, 0.6) is 5.75 Å². The van der Waals surface area contributed by atoms with Gasteiger partial charge in [0.2, 0.25) is 11.8 Å². The molecule has 1 atom stereocenters. The SMILES string of the molecule is O=C(CN1CCN(C(=O)CC(F)(F)F)CC1)NCC1Cc2ccccc2O1. The lowest BCUT2D eigenvalue weighted by atomic mass is 10.1. The highest BCUT2D eigenvalue weighted by Crippen LogP contribution is 2.27. The van der Waals surface area contributed by atoms with Crippen LogP contribution in [0.4, 0.5) is 13.2 Å². The normalized spacial score (nSPS) is 20.1. The van der Waals surface area contributed by atoms with Gasteiger partial charge in [-0.2, -0.15) is 13.2 Å². The number of para-hydroxylation sites is 1. The standard InChI is InChI=1S/C18H22F3N3O3/c19-18(20,21)10-17(26)24-7-5-23(6-8-24)12-16(25)22-11-14-9-13-3-1-2-4-15(13)27-14/h1-4,14H,5-12H2,(H,22,25). The third-order valence-electron chi connectivity index (χ3n) is 4.68. The number of nitrogens with one attached hydrogen (secondary N) is 1. The molecular formula is C18H22F3N3O3. The Balaban J connectivity index is 1.35. The number of hydrogen-bond acceptors (Lipinski definition) is 4. The average molecular weight is 385 g/mol. The van der Waals surface area contributed by atoms with Gasteiger partial charge in [0.1, 0.15) is 18.3 Å². The number of rotatable bonds is 5. The van der Waals surface area contributed by atoms with Crippen molar-refractivity contribution in [2.45, 2.75) is 25.1 Å². The molecule has 0 radical (unpaired) electrons. The number of amides is 2. The van der Waals surface area contributed by atoms with Crippen LogP contribution < -0.4 is 10.1 Å². The van der Waals surface area contributed by atoms with E-state index in [1.807, 2.05) is 29.2 Å². The Kier molecular flexibility index (Phi) is 5.88. The number of hydrogen-bond donors (Lipinski definition) is 1. The second kappa shape index (κ2) is 8.16. The first-order valence-corrected chi connectivity index (χ1v) is 8.88. The fourth-order valence-electron chi connectivity index (χ4n) is 3.29. The first-order chi connectivity index (χ1) is 12.8. The molecule has 0 bridgehead atoms. The minimum Gasteiger partial charge on any atom is -0.488 e. The van der Waals surface area contributed by atoms with E-state index in [-0.39, 0.29) is 31.6 Å². The fraction of sp³-hybridized carbons (Fsp3) is 0.556. The molecule has 0 saturated carbocycles. The lowest BCUT2D eigenvalue weighted by Crippen LogP contribution is -2.52. The van der Waals surface area contributed by atoms with Crippen LogP contribution >= 0.6 is 0 Å². The van der Waals surface area contributed by atoms with Crippen LogP contribution in [-0.2, 0) is 16.0 Å². The van der Waals surface area contributed by atoms with Gasteiger partial charge < -0.3 is 15.0 Å². The molecule has 2 amide bonds. The van der Waals surface area contributed by atoms with Crippen LogP contribution in [0.1, 0.15) is 12.0 Å². The highest BCUT2D eigenvalue weighted by atomic mass is 19.4. The summed E-state index contributed by atoms with van der Waals surface area (Å²) in [7, 11) is 0. The van der Waals surface area contributed by atoms with Crippen molar-refractivity contribution in [2.24, 2.45) is 0 Å². The van der Waals surface area contributed by atoms with Gasteiger partial charge in [0, 0.05) is 32.6 Å². The topological polar surface area (TPSA) is 61.9 Å². The van der Waals surface area contributed by atoms with Gasteiger partial charge in [0.25, 0.3) is 0 Å². The van der Waals surface area contributed by atoms with Crippen LogP contribution in [0, 0.1) is 0 Å². The molecule has 0 aromatic heterocycles. The van der Waals surface area contributed by atoms with E-state index >= 15 is 0 Å². The van der Waals surface area contributed by atoms with Crippen LogP contribution in [-0.4, -0.2) is 73.2 Å². The predicted molar refractivity (Wildman–Crippen MR) is 91.3 cm³/mol. The number of fused-ring (bicyclic) bond motifs is 1. The van der Waals surface area contributed by atoms with Gasteiger partial charge in [-0.1, -0.05) is 18.2 Å². The summed E-state index contributed by atoms with van der Waals surface area (Å²) in [6.45, 7) is 1.70. The molecule has 1 unspecified atom stereocenters. The maximum Gasteiger partial charge on any atom is 0.397 e. The molecule has 2 aliphatic heterocycles. The fourth-order valence-corrected chi connectivity index (χ4v) is 3.29. The predicted octanol–water partition coefficient (Wildman–Crippen LogP) is 1.20. The third kappa shape index (κ3) is 5.59. The zero-order valence-electron chi connectivity index (χ0n) is 14.8. The quantitative estimate of drug-likeness (QED) is 0.828. The Morgan fingerprint density at radius 1 is 1.15 bits per heavy atom. The smallest absolute Gasteiger partial charge is 0.397 e. The van der Waals surface area contributed by atoms with Crippen LogP contribution in [0.3, 0.4) is 0 Å². The Hall–Kier alpha value is -2.29. The van der Waals surface area contributed by atoms with Crippen LogP contribution in [0.2, 0.25) is 0 Å². The molecule has 0 spiro atoms. The number of halogens is 3. The molecule has 1 aromatic rings. The maximum atomic E-state index is 12.3.